The van der Waals surface area contributed by atoms with E-state index < -0.39 is 0 Å². The summed E-state index contributed by atoms with van der Waals surface area (Å²) < 4.78 is 0. The van der Waals surface area contributed by atoms with Crippen LogP contribution in [0.1, 0.15) is 42.1 Å². The van der Waals surface area contributed by atoms with E-state index in [2.05, 4.69) is 5.32 Å². The molecule has 6 nitrogen and oxygen atoms in total. The number of amides is 3. The quantitative estimate of drug-likeness (QED) is 0.881. The van der Waals surface area contributed by atoms with Gasteiger partial charge in [0, 0.05) is 25.2 Å². The van der Waals surface area contributed by atoms with Gasteiger partial charge in [0.05, 0.1) is 0 Å². The lowest BCUT2D eigenvalue weighted by Crippen LogP contribution is -2.56. The van der Waals surface area contributed by atoms with Crippen LogP contribution in [0.3, 0.4) is 0 Å². The number of hydrogen-bond acceptors (Lipinski definition) is 3. The lowest BCUT2D eigenvalue weighted by Gasteiger charge is -2.36. The van der Waals surface area contributed by atoms with E-state index in [9.17, 15) is 14.4 Å². The maximum Gasteiger partial charge on any atom is 0.251 e. The van der Waals surface area contributed by atoms with E-state index in [-0.39, 0.29) is 30.3 Å². The van der Waals surface area contributed by atoms with Gasteiger partial charge in [-0.05, 0) is 37.0 Å². The summed E-state index contributed by atoms with van der Waals surface area (Å²) in [5, 5.41) is 2.83. The van der Waals surface area contributed by atoms with Gasteiger partial charge in [-0.1, -0.05) is 19.1 Å². The Balaban J connectivity index is 1.64. The Morgan fingerprint density at radius 2 is 2.00 bits per heavy atom. The summed E-state index contributed by atoms with van der Waals surface area (Å²) >= 11 is 0. The van der Waals surface area contributed by atoms with Crippen molar-refractivity contribution in [2.24, 2.45) is 0 Å². The number of carbonyl (C=O) groups excluding carboxylic acids is 3. The predicted octanol–water partition coefficient (Wildman–Crippen LogP) is 1.16. The molecule has 128 valence electrons. The first-order valence-corrected chi connectivity index (χ1v) is 8.55. The first-order chi connectivity index (χ1) is 11.6. The van der Waals surface area contributed by atoms with Crippen LogP contribution in [-0.2, 0) is 16.1 Å². The van der Waals surface area contributed by atoms with E-state index in [4.69, 9.17) is 0 Å². The molecule has 2 fully saturated rings. The van der Waals surface area contributed by atoms with Crippen molar-refractivity contribution in [1.29, 1.82) is 0 Å². The van der Waals surface area contributed by atoms with Crippen LogP contribution in [0.5, 0.6) is 0 Å². The summed E-state index contributed by atoms with van der Waals surface area (Å²) in [7, 11) is 0. The molecular formula is C18H23N3O3. The first-order valence-electron chi connectivity index (χ1n) is 8.55. The number of nitrogens with zero attached hydrogens (tertiary/aromatic N) is 2. The molecule has 0 bridgehead atoms. The minimum absolute atomic E-state index is 0.0349. The van der Waals surface area contributed by atoms with Crippen LogP contribution in [0.2, 0.25) is 0 Å². The molecule has 2 saturated heterocycles. The number of nitrogens with one attached hydrogen (secondary N) is 1. The molecule has 3 rings (SSSR count). The predicted molar refractivity (Wildman–Crippen MR) is 89.2 cm³/mol. The van der Waals surface area contributed by atoms with E-state index >= 15 is 0 Å². The molecule has 0 saturated carbocycles. The molecular weight excluding hydrogens is 306 g/mol. The maximum atomic E-state index is 12.5. The van der Waals surface area contributed by atoms with Crippen LogP contribution >= 0.6 is 0 Å². The van der Waals surface area contributed by atoms with Crippen LogP contribution in [-0.4, -0.2) is 53.2 Å². The lowest BCUT2D eigenvalue weighted by molar-refractivity contribution is -0.154. The fraction of sp³-hybridized carbons (Fsp3) is 0.500. The normalized spacial score (nSPS) is 20.3. The van der Waals surface area contributed by atoms with E-state index in [1.54, 1.807) is 21.9 Å². The highest BCUT2D eigenvalue weighted by molar-refractivity contribution is 5.95. The molecule has 2 aliphatic rings. The maximum absolute atomic E-state index is 12.5. The molecule has 1 aromatic carbocycles. The summed E-state index contributed by atoms with van der Waals surface area (Å²) in [5.41, 5.74) is 1.53. The summed E-state index contributed by atoms with van der Waals surface area (Å²) in [6.07, 6.45) is 2.56. The number of piperazine rings is 1. The minimum Gasteiger partial charge on any atom is -0.352 e. The molecule has 2 aliphatic heterocycles. The van der Waals surface area contributed by atoms with E-state index in [0.29, 0.717) is 25.2 Å². The van der Waals surface area contributed by atoms with Crippen LogP contribution in [0.15, 0.2) is 24.3 Å². The largest absolute Gasteiger partial charge is 0.352 e. The van der Waals surface area contributed by atoms with E-state index in [0.717, 1.165) is 24.8 Å². The van der Waals surface area contributed by atoms with Gasteiger partial charge in [-0.15, -0.1) is 0 Å². The topological polar surface area (TPSA) is 69.7 Å². The highest BCUT2D eigenvalue weighted by Gasteiger charge is 2.41. The standard InChI is InChI=1S/C18H23N3O3/c1-2-9-19-17(23)14-7-5-13(6-8-14)11-20-12-16(22)21-10-3-4-15(21)18(20)24/h5-8,15H,2-4,9-12H2,1H3,(H,19,23)/t15-/m0/s1. The summed E-state index contributed by atoms with van der Waals surface area (Å²) in [4.78, 5) is 39.9. The molecule has 0 unspecified atom stereocenters. The zero-order valence-electron chi connectivity index (χ0n) is 14.0. The average molecular weight is 329 g/mol. The van der Waals surface area contributed by atoms with Crippen molar-refractivity contribution in [2.75, 3.05) is 19.6 Å². The minimum atomic E-state index is -0.273. The molecule has 0 aromatic heterocycles. The third-order valence-electron chi connectivity index (χ3n) is 4.62. The van der Waals surface area contributed by atoms with Gasteiger partial charge in [-0.2, -0.15) is 0 Å². The Hall–Kier alpha value is -2.37. The molecule has 3 amide bonds. The molecule has 0 radical (unpaired) electrons. The second kappa shape index (κ2) is 7.03. The SMILES string of the molecule is CCCNC(=O)c1ccc(CN2CC(=O)N3CCC[C@H]3C2=O)cc1. The van der Waals surface area contributed by atoms with E-state index in [1.807, 2.05) is 19.1 Å². The van der Waals surface area contributed by atoms with Crippen LogP contribution < -0.4 is 5.32 Å². The lowest BCUT2D eigenvalue weighted by atomic mass is 10.1. The van der Waals surface area contributed by atoms with Crippen molar-refractivity contribution in [3.8, 4) is 0 Å². The number of benzene rings is 1. The highest BCUT2D eigenvalue weighted by atomic mass is 16.2. The van der Waals surface area contributed by atoms with Gasteiger partial charge in [0.25, 0.3) is 5.91 Å². The van der Waals surface area contributed by atoms with Crippen molar-refractivity contribution in [3.05, 3.63) is 35.4 Å². The Morgan fingerprint density at radius 1 is 1.25 bits per heavy atom. The Bertz CT molecular complexity index is 641. The zero-order valence-corrected chi connectivity index (χ0v) is 14.0. The number of carbonyl (C=O) groups is 3. The third-order valence-corrected chi connectivity index (χ3v) is 4.62. The third kappa shape index (κ3) is 3.27. The molecule has 1 aromatic rings. The molecule has 1 atom stereocenters. The van der Waals surface area contributed by atoms with Gasteiger partial charge in [0.15, 0.2) is 0 Å². The molecule has 0 aliphatic carbocycles. The average Bonchev–Trinajstić information content (AvgIpc) is 3.08. The van der Waals surface area contributed by atoms with Crippen molar-refractivity contribution < 1.29 is 14.4 Å². The monoisotopic (exact) mass is 329 g/mol. The van der Waals surface area contributed by atoms with Crippen LogP contribution in [0.25, 0.3) is 0 Å². The Morgan fingerprint density at radius 3 is 2.71 bits per heavy atom. The highest BCUT2D eigenvalue weighted by Crippen LogP contribution is 2.24. The molecule has 24 heavy (non-hydrogen) atoms. The smallest absolute Gasteiger partial charge is 0.251 e. The van der Waals surface area contributed by atoms with Crippen molar-refractivity contribution in [2.45, 2.75) is 38.8 Å². The van der Waals surface area contributed by atoms with Gasteiger partial charge in [0.1, 0.15) is 12.6 Å². The van der Waals surface area contributed by atoms with Crippen LogP contribution in [0.4, 0.5) is 0 Å². The fourth-order valence-corrected chi connectivity index (χ4v) is 3.32. The van der Waals surface area contributed by atoms with E-state index in [1.165, 1.54) is 0 Å². The summed E-state index contributed by atoms with van der Waals surface area (Å²) in [5.74, 6) is -0.0150. The summed E-state index contributed by atoms with van der Waals surface area (Å²) in [6, 6.07) is 6.95. The van der Waals surface area contributed by atoms with Crippen LogP contribution in [0, 0.1) is 0 Å². The number of fused-ring (bicyclic) bond motifs is 1. The second-order valence-electron chi connectivity index (χ2n) is 6.39. The molecule has 0 spiro atoms. The van der Waals surface area contributed by atoms with Gasteiger partial charge >= 0.3 is 0 Å². The number of rotatable bonds is 5. The van der Waals surface area contributed by atoms with Crippen molar-refractivity contribution >= 4 is 17.7 Å². The Labute approximate surface area is 141 Å². The molecule has 6 heteroatoms. The van der Waals surface area contributed by atoms with Gasteiger partial charge in [0.2, 0.25) is 11.8 Å². The van der Waals surface area contributed by atoms with Gasteiger partial charge in [-0.25, -0.2) is 0 Å². The second-order valence-corrected chi connectivity index (χ2v) is 6.39. The Kier molecular flexibility index (Phi) is 4.83. The van der Waals surface area contributed by atoms with Crippen molar-refractivity contribution in [3.63, 3.8) is 0 Å². The fourth-order valence-electron chi connectivity index (χ4n) is 3.32. The van der Waals surface area contributed by atoms with Crippen molar-refractivity contribution in [1.82, 2.24) is 15.1 Å². The first kappa shape index (κ1) is 16.5. The van der Waals surface area contributed by atoms with Gasteiger partial charge < -0.3 is 15.1 Å². The molecule has 1 N–H and O–H groups in total. The summed E-state index contributed by atoms with van der Waals surface area (Å²) in [6.45, 7) is 3.92. The molecule has 2 heterocycles. The zero-order chi connectivity index (χ0) is 17.1. The number of hydrogen-bond donors (Lipinski definition) is 1. The van der Waals surface area contributed by atoms with Gasteiger partial charge in [-0.3, -0.25) is 14.4 Å².